The monoisotopic (exact) mass is 228 g/mol. The SMILES string of the molecule is C[C@H](NCCS(C)(=O)=O)c1cccnc1. The number of rotatable bonds is 5. The molecule has 0 saturated heterocycles. The predicted octanol–water partition coefficient (Wildman–Crippen LogP) is 0.777. The summed E-state index contributed by atoms with van der Waals surface area (Å²) < 4.78 is 21.8. The summed E-state index contributed by atoms with van der Waals surface area (Å²) in [6.45, 7) is 2.45. The molecule has 1 aromatic rings. The minimum absolute atomic E-state index is 0.125. The van der Waals surface area contributed by atoms with Gasteiger partial charge in [0.15, 0.2) is 0 Å². The van der Waals surface area contributed by atoms with Crippen molar-refractivity contribution in [2.45, 2.75) is 13.0 Å². The summed E-state index contributed by atoms with van der Waals surface area (Å²) >= 11 is 0. The highest BCUT2D eigenvalue weighted by Gasteiger charge is 2.06. The molecule has 0 bridgehead atoms. The molecular weight excluding hydrogens is 212 g/mol. The molecule has 0 unspecified atom stereocenters. The van der Waals surface area contributed by atoms with Crippen LogP contribution in [0.25, 0.3) is 0 Å². The lowest BCUT2D eigenvalue weighted by Gasteiger charge is -2.12. The van der Waals surface area contributed by atoms with Gasteiger partial charge in [-0.2, -0.15) is 0 Å². The second kappa shape index (κ2) is 5.23. The molecule has 0 aliphatic carbocycles. The number of nitrogens with zero attached hydrogens (tertiary/aromatic N) is 1. The van der Waals surface area contributed by atoms with Crippen molar-refractivity contribution in [3.63, 3.8) is 0 Å². The Labute approximate surface area is 90.7 Å². The summed E-state index contributed by atoms with van der Waals surface area (Å²) in [4.78, 5) is 4.00. The molecule has 1 aromatic heterocycles. The van der Waals surface area contributed by atoms with Crippen molar-refractivity contribution < 1.29 is 8.42 Å². The minimum atomic E-state index is -2.88. The molecule has 5 heteroatoms. The van der Waals surface area contributed by atoms with E-state index in [1.165, 1.54) is 6.26 Å². The molecule has 0 spiro atoms. The van der Waals surface area contributed by atoms with Crippen molar-refractivity contribution in [3.05, 3.63) is 30.1 Å². The summed E-state index contributed by atoms with van der Waals surface area (Å²) in [6, 6.07) is 3.95. The van der Waals surface area contributed by atoms with Crippen LogP contribution in [-0.2, 0) is 9.84 Å². The predicted molar refractivity (Wildman–Crippen MR) is 60.4 cm³/mol. The first-order valence-electron chi connectivity index (χ1n) is 4.80. The fourth-order valence-corrected chi connectivity index (χ4v) is 1.70. The lowest BCUT2D eigenvalue weighted by atomic mass is 10.1. The van der Waals surface area contributed by atoms with Gasteiger partial charge >= 0.3 is 0 Å². The molecule has 1 heterocycles. The number of aromatic nitrogens is 1. The van der Waals surface area contributed by atoms with Crippen LogP contribution in [0.5, 0.6) is 0 Å². The zero-order valence-electron chi connectivity index (χ0n) is 8.97. The first kappa shape index (κ1) is 12.1. The molecule has 0 fully saturated rings. The van der Waals surface area contributed by atoms with Gasteiger partial charge in [-0.25, -0.2) is 8.42 Å². The van der Waals surface area contributed by atoms with Crippen molar-refractivity contribution in [1.29, 1.82) is 0 Å². The lowest BCUT2D eigenvalue weighted by Crippen LogP contribution is -2.25. The Morgan fingerprint density at radius 1 is 1.53 bits per heavy atom. The van der Waals surface area contributed by atoms with Crippen LogP contribution in [0, 0.1) is 0 Å². The van der Waals surface area contributed by atoms with Gasteiger partial charge in [-0.05, 0) is 18.6 Å². The minimum Gasteiger partial charge on any atom is -0.309 e. The van der Waals surface area contributed by atoms with Crippen LogP contribution < -0.4 is 5.32 Å². The van der Waals surface area contributed by atoms with Gasteiger partial charge in [-0.15, -0.1) is 0 Å². The highest BCUT2D eigenvalue weighted by atomic mass is 32.2. The third-order valence-electron chi connectivity index (χ3n) is 2.11. The number of hydrogen-bond acceptors (Lipinski definition) is 4. The van der Waals surface area contributed by atoms with E-state index in [1.807, 2.05) is 19.1 Å². The summed E-state index contributed by atoms with van der Waals surface area (Å²) in [5, 5.41) is 3.14. The number of nitrogens with one attached hydrogen (secondary N) is 1. The first-order chi connectivity index (χ1) is 6.99. The average Bonchev–Trinajstić information content (AvgIpc) is 2.17. The van der Waals surface area contributed by atoms with Gasteiger partial charge in [0.2, 0.25) is 0 Å². The molecule has 15 heavy (non-hydrogen) atoms. The van der Waals surface area contributed by atoms with Gasteiger partial charge in [0, 0.05) is 31.2 Å². The molecule has 0 saturated carbocycles. The zero-order chi connectivity index (χ0) is 11.3. The fraction of sp³-hybridized carbons (Fsp3) is 0.500. The van der Waals surface area contributed by atoms with Gasteiger partial charge in [0.1, 0.15) is 9.84 Å². The highest BCUT2D eigenvalue weighted by molar-refractivity contribution is 7.90. The maximum absolute atomic E-state index is 10.9. The maximum Gasteiger partial charge on any atom is 0.148 e. The summed E-state index contributed by atoms with van der Waals surface area (Å²) in [7, 11) is -2.88. The normalized spacial score (nSPS) is 13.7. The van der Waals surface area contributed by atoms with Crippen LogP contribution in [0.1, 0.15) is 18.5 Å². The van der Waals surface area contributed by atoms with E-state index >= 15 is 0 Å². The Hall–Kier alpha value is -0.940. The standard InChI is InChI=1S/C10H16N2O2S/c1-9(10-4-3-5-11-8-10)12-6-7-15(2,13)14/h3-5,8-9,12H,6-7H2,1-2H3/t9-/m0/s1. The van der Waals surface area contributed by atoms with E-state index in [2.05, 4.69) is 10.3 Å². The quantitative estimate of drug-likeness (QED) is 0.809. The Balaban J connectivity index is 2.41. The summed E-state index contributed by atoms with van der Waals surface area (Å²) in [5.74, 6) is 0.164. The maximum atomic E-state index is 10.9. The number of hydrogen-bond donors (Lipinski definition) is 1. The highest BCUT2D eigenvalue weighted by Crippen LogP contribution is 2.08. The van der Waals surface area contributed by atoms with E-state index in [4.69, 9.17) is 0 Å². The number of pyridine rings is 1. The summed E-state index contributed by atoms with van der Waals surface area (Å²) in [5.41, 5.74) is 1.06. The van der Waals surface area contributed by atoms with Gasteiger partial charge in [-0.1, -0.05) is 6.07 Å². The molecular formula is C10H16N2O2S. The lowest BCUT2D eigenvalue weighted by molar-refractivity contribution is 0.575. The van der Waals surface area contributed by atoms with Gasteiger partial charge in [0.25, 0.3) is 0 Å². The molecule has 1 N–H and O–H groups in total. The van der Waals surface area contributed by atoms with Crippen LogP contribution >= 0.6 is 0 Å². The molecule has 1 atom stereocenters. The van der Waals surface area contributed by atoms with Gasteiger partial charge in [-0.3, -0.25) is 4.98 Å². The Bertz CT molecular complexity index is 389. The van der Waals surface area contributed by atoms with Crippen LogP contribution in [-0.4, -0.2) is 32.0 Å². The topological polar surface area (TPSA) is 59.1 Å². The van der Waals surface area contributed by atoms with Crippen molar-refractivity contribution in [1.82, 2.24) is 10.3 Å². The van der Waals surface area contributed by atoms with E-state index < -0.39 is 9.84 Å². The molecule has 0 aliphatic rings. The molecule has 0 amide bonds. The average molecular weight is 228 g/mol. The zero-order valence-corrected chi connectivity index (χ0v) is 9.79. The Morgan fingerprint density at radius 3 is 2.80 bits per heavy atom. The molecule has 0 aromatic carbocycles. The smallest absolute Gasteiger partial charge is 0.148 e. The van der Waals surface area contributed by atoms with Crippen LogP contribution in [0.15, 0.2) is 24.5 Å². The van der Waals surface area contributed by atoms with Crippen molar-refractivity contribution >= 4 is 9.84 Å². The fourth-order valence-electron chi connectivity index (χ4n) is 1.21. The van der Waals surface area contributed by atoms with E-state index in [9.17, 15) is 8.42 Å². The van der Waals surface area contributed by atoms with E-state index in [0.717, 1.165) is 5.56 Å². The van der Waals surface area contributed by atoms with Crippen LogP contribution in [0.2, 0.25) is 0 Å². The second-order valence-corrected chi connectivity index (χ2v) is 5.85. The van der Waals surface area contributed by atoms with E-state index in [0.29, 0.717) is 6.54 Å². The van der Waals surface area contributed by atoms with Crippen molar-refractivity contribution in [3.8, 4) is 0 Å². The Kier molecular flexibility index (Phi) is 4.23. The van der Waals surface area contributed by atoms with Crippen LogP contribution in [0.3, 0.4) is 0 Å². The molecule has 0 aliphatic heterocycles. The third kappa shape index (κ3) is 4.90. The second-order valence-electron chi connectivity index (χ2n) is 3.59. The molecule has 0 radical (unpaired) electrons. The first-order valence-corrected chi connectivity index (χ1v) is 6.86. The van der Waals surface area contributed by atoms with Crippen molar-refractivity contribution in [2.75, 3.05) is 18.6 Å². The van der Waals surface area contributed by atoms with Gasteiger partial charge < -0.3 is 5.32 Å². The number of sulfone groups is 1. The molecule has 84 valence electrons. The largest absolute Gasteiger partial charge is 0.309 e. The summed E-state index contributed by atoms with van der Waals surface area (Å²) in [6.07, 6.45) is 4.73. The van der Waals surface area contributed by atoms with E-state index in [-0.39, 0.29) is 11.8 Å². The Morgan fingerprint density at radius 2 is 2.27 bits per heavy atom. The van der Waals surface area contributed by atoms with Crippen LogP contribution in [0.4, 0.5) is 0 Å². The molecule has 4 nitrogen and oxygen atoms in total. The van der Waals surface area contributed by atoms with Crippen molar-refractivity contribution in [2.24, 2.45) is 0 Å². The molecule has 1 rings (SSSR count). The van der Waals surface area contributed by atoms with E-state index in [1.54, 1.807) is 12.4 Å². The third-order valence-corrected chi connectivity index (χ3v) is 3.05. The van der Waals surface area contributed by atoms with Gasteiger partial charge in [0.05, 0.1) is 5.75 Å².